The van der Waals surface area contributed by atoms with Gasteiger partial charge in [0, 0.05) is 24.4 Å². The lowest BCUT2D eigenvalue weighted by Crippen LogP contribution is -2.04. The lowest BCUT2D eigenvalue weighted by molar-refractivity contribution is -0.385. The fraction of sp³-hybridized carbons (Fsp3) is 0.0769. The van der Waals surface area contributed by atoms with Crippen molar-refractivity contribution in [1.82, 2.24) is 4.98 Å². The average molecular weight is 254 g/mol. The van der Waals surface area contributed by atoms with Gasteiger partial charge in [0.25, 0.3) is 5.69 Å². The molecule has 19 heavy (non-hydrogen) atoms. The minimum Gasteiger partial charge on any atom is -0.378 e. The maximum atomic E-state index is 10.9. The maximum Gasteiger partial charge on any atom is 0.274 e. The molecule has 2 rings (SSSR count). The van der Waals surface area contributed by atoms with Gasteiger partial charge in [0.2, 0.25) is 0 Å². The van der Waals surface area contributed by atoms with Crippen LogP contribution in [0.2, 0.25) is 0 Å². The topological polar surface area (TPSA) is 91.8 Å². The number of nitro groups is 1. The first kappa shape index (κ1) is 12.5. The lowest BCUT2D eigenvalue weighted by atomic mass is 10.1. The summed E-state index contributed by atoms with van der Waals surface area (Å²) in [5, 5.41) is 22.8. The van der Waals surface area contributed by atoms with Gasteiger partial charge >= 0.3 is 0 Å². The molecule has 94 valence electrons. The largest absolute Gasteiger partial charge is 0.378 e. The highest BCUT2D eigenvalue weighted by Gasteiger charge is 2.12. The molecule has 0 atom stereocenters. The number of nitro benzene ring substituents is 1. The normalized spacial score (nSPS) is 9.63. The van der Waals surface area contributed by atoms with Crippen molar-refractivity contribution < 1.29 is 4.92 Å². The van der Waals surface area contributed by atoms with E-state index in [1.54, 1.807) is 24.3 Å². The second-order valence-corrected chi connectivity index (χ2v) is 3.77. The number of hydrogen-bond donors (Lipinski definition) is 1. The summed E-state index contributed by atoms with van der Waals surface area (Å²) < 4.78 is 0. The number of anilines is 1. The van der Waals surface area contributed by atoms with Gasteiger partial charge in [0.1, 0.15) is 6.07 Å². The van der Waals surface area contributed by atoms with Gasteiger partial charge in [-0.2, -0.15) is 5.26 Å². The van der Waals surface area contributed by atoms with Crippen LogP contribution in [-0.4, -0.2) is 9.91 Å². The van der Waals surface area contributed by atoms with Crippen LogP contribution in [0.4, 0.5) is 11.4 Å². The van der Waals surface area contributed by atoms with Crippen molar-refractivity contribution in [2.24, 2.45) is 0 Å². The van der Waals surface area contributed by atoms with Crippen LogP contribution >= 0.6 is 0 Å². The zero-order valence-electron chi connectivity index (χ0n) is 9.91. The Labute approximate surface area is 109 Å². The Morgan fingerprint density at radius 1 is 1.37 bits per heavy atom. The first-order valence-electron chi connectivity index (χ1n) is 5.52. The Hall–Kier alpha value is -2.94. The quantitative estimate of drug-likeness (QED) is 0.668. The summed E-state index contributed by atoms with van der Waals surface area (Å²) in [5.74, 6) is 0. The molecule has 1 aromatic carbocycles. The monoisotopic (exact) mass is 254 g/mol. The van der Waals surface area contributed by atoms with E-state index in [4.69, 9.17) is 5.26 Å². The van der Waals surface area contributed by atoms with Crippen LogP contribution in [0.5, 0.6) is 0 Å². The van der Waals surface area contributed by atoms with Gasteiger partial charge in [-0.1, -0.05) is 18.2 Å². The lowest BCUT2D eigenvalue weighted by Gasteiger charge is -2.07. The van der Waals surface area contributed by atoms with E-state index in [2.05, 4.69) is 10.3 Å². The van der Waals surface area contributed by atoms with E-state index in [1.807, 2.05) is 6.07 Å². The standard InChI is InChI=1S/C13H10N4O2/c14-7-10-5-6-15-9-12(10)16-8-11-3-1-2-4-13(11)17(18)19/h1-6,9,16H,8H2. The number of aromatic nitrogens is 1. The fourth-order valence-corrected chi connectivity index (χ4v) is 1.66. The molecule has 1 aromatic heterocycles. The molecule has 6 nitrogen and oxygen atoms in total. The molecular formula is C13H10N4O2. The molecule has 0 radical (unpaired) electrons. The summed E-state index contributed by atoms with van der Waals surface area (Å²) in [6.07, 6.45) is 3.04. The van der Waals surface area contributed by atoms with Gasteiger partial charge in [-0.15, -0.1) is 0 Å². The van der Waals surface area contributed by atoms with Gasteiger partial charge in [-0.05, 0) is 6.07 Å². The Bertz CT molecular complexity index is 649. The van der Waals surface area contributed by atoms with Crippen molar-refractivity contribution in [3.05, 3.63) is 64.0 Å². The smallest absolute Gasteiger partial charge is 0.274 e. The van der Waals surface area contributed by atoms with Crippen molar-refractivity contribution in [3.63, 3.8) is 0 Å². The molecule has 1 N–H and O–H groups in total. The third-order valence-corrected chi connectivity index (χ3v) is 2.60. The molecule has 0 aliphatic rings. The summed E-state index contributed by atoms with van der Waals surface area (Å²) in [5.41, 5.74) is 1.62. The third-order valence-electron chi connectivity index (χ3n) is 2.60. The molecule has 0 fully saturated rings. The second kappa shape index (κ2) is 5.60. The minimum absolute atomic E-state index is 0.0531. The van der Waals surface area contributed by atoms with Crippen molar-refractivity contribution in [2.45, 2.75) is 6.54 Å². The minimum atomic E-state index is -0.425. The number of hydrogen-bond acceptors (Lipinski definition) is 5. The molecule has 1 heterocycles. The van der Waals surface area contributed by atoms with Crippen molar-refractivity contribution >= 4 is 11.4 Å². The van der Waals surface area contributed by atoms with Crippen molar-refractivity contribution in [3.8, 4) is 6.07 Å². The molecular weight excluding hydrogens is 244 g/mol. The van der Waals surface area contributed by atoms with Crippen LogP contribution in [0.15, 0.2) is 42.7 Å². The van der Waals surface area contributed by atoms with Gasteiger partial charge < -0.3 is 5.32 Å². The maximum absolute atomic E-state index is 10.9. The molecule has 2 aromatic rings. The van der Waals surface area contributed by atoms with Crippen LogP contribution in [0.25, 0.3) is 0 Å². The van der Waals surface area contributed by atoms with E-state index in [-0.39, 0.29) is 12.2 Å². The molecule has 0 saturated heterocycles. The highest BCUT2D eigenvalue weighted by Crippen LogP contribution is 2.20. The van der Waals surface area contributed by atoms with Crippen LogP contribution in [0, 0.1) is 21.4 Å². The van der Waals surface area contributed by atoms with Crippen LogP contribution in [-0.2, 0) is 6.54 Å². The predicted molar refractivity (Wildman–Crippen MR) is 69.4 cm³/mol. The van der Waals surface area contributed by atoms with Gasteiger partial charge in [-0.25, -0.2) is 0 Å². The Kier molecular flexibility index (Phi) is 3.69. The number of nitrogens with zero attached hydrogens (tertiary/aromatic N) is 3. The second-order valence-electron chi connectivity index (χ2n) is 3.77. The summed E-state index contributed by atoms with van der Waals surface area (Å²) in [6, 6.07) is 10.1. The Morgan fingerprint density at radius 2 is 2.16 bits per heavy atom. The molecule has 6 heteroatoms. The zero-order chi connectivity index (χ0) is 13.7. The Morgan fingerprint density at radius 3 is 2.89 bits per heavy atom. The highest BCUT2D eigenvalue weighted by atomic mass is 16.6. The van der Waals surface area contributed by atoms with Crippen LogP contribution in [0.3, 0.4) is 0 Å². The first-order valence-corrected chi connectivity index (χ1v) is 5.52. The van der Waals surface area contributed by atoms with E-state index in [9.17, 15) is 10.1 Å². The number of para-hydroxylation sites is 1. The summed E-state index contributed by atoms with van der Waals surface area (Å²) in [6.45, 7) is 0.261. The number of nitriles is 1. The van der Waals surface area contributed by atoms with Crippen LogP contribution < -0.4 is 5.32 Å². The highest BCUT2D eigenvalue weighted by molar-refractivity contribution is 5.56. The number of rotatable bonds is 4. The molecule has 0 amide bonds. The third kappa shape index (κ3) is 2.84. The number of nitrogens with one attached hydrogen (secondary N) is 1. The number of pyridine rings is 1. The molecule has 0 bridgehead atoms. The van der Waals surface area contributed by atoms with E-state index in [0.717, 1.165) is 0 Å². The van der Waals surface area contributed by atoms with Gasteiger partial charge in [0.15, 0.2) is 0 Å². The SMILES string of the molecule is N#Cc1ccncc1NCc1ccccc1[N+](=O)[O-]. The van der Waals surface area contributed by atoms with Gasteiger partial charge in [0.05, 0.1) is 22.4 Å². The van der Waals surface area contributed by atoms with Gasteiger partial charge in [-0.3, -0.25) is 15.1 Å². The fourth-order valence-electron chi connectivity index (χ4n) is 1.66. The summed E-state index contributed by atoms with van der Waals surface area (Å²) in [4.78, 5) is 14.4. The van der Waals surface area contributed by atoms with Crippen molar-refractivity contribution in [1.29, 1.82) is 5.26 Å². The van der Waals surface area contributed by atoms with E-state index >= 15 is 0 Å². The summed E-state index contributed by atoms with van der Waals surface area (Å²) in [7, 11) is 0. The Balaban J connectivity index is 2.20. The summed E-state index contributed by atoms with van der Waals surface area (Å²) >= 11 is 0. The van der Waals surface area contributed by atoms with Crippen LogP contribution in [0.1, 0.15) is 11.1 Å². The average Bonchev–Trinajstić information content (AvgIpc) is 2.45. The molecule has 0 unspecified atom stereocenters. The molecule has 0 spiro atoms. The molecule has 0 aliphatic heterocycles. The van der Waals surface area contributed by atoms with E-state index < -0.39 is 4.92 Å². The van der Waals surface area contributed by atoms with Crippen molar-refractivity contribution in [2.75, 3.05) is 5.32 Å². The zero-order valence-corrected chi connectivity index (χ0v) is 9.91. The number of benzene rings is 1. The van der Waals surface area contributed by atoms with E-state index in [1.165, 1.54) is 18.5 Å². The van der Waals surface area contributed by atoms with E-state index in [0.29, 0.717) is 16.8 Å². The predicted octanol–water partition coefficient (Wildman–Crippen LogP) is 2.47. The first-order chi connectivity index (χ1) is 9.22. The molecule has 0 saturated carbocycles. The molecule has 0 aliphatic carbocycles.